The molecule has 0 fully saturated rings. The van der Waals surface area contributed by atoms with Crippen molar-refractivity contribution >= 4 is 17.6 Å². The molecular weight excluding hydrogens is 287 g/mol. The van der Waals surface area contributed by atoms with Gasteiger partial charge in [0.1, 0.15) is 5.82 Å². The summed E-state index contributed by atoms with van der Waals surface area (Å²) in [5.41, 5.74) is 7.05. The van der Waals surface area contributed by atoms with Gasteiger partial charge in [0.05, 0.1) is 0 Å². The van der Waals surface area contributed by atoms with Crippen LogP contribution >= 0.6 is 11.8 Å². The first-order chi connectivity index (χ1) is 10.0. The Labute approximate surface area is 127 Å². The third kappa shape index (κ3) is 3.76. The van der Waals surface area contributed by atoms with Gasteiger partial charge in [-0.2, -0.15) is 0 Å². The highest BCUT2D eigenvalue weighted by molar-refractivity contribution is 7.99. The molecule has 0 aliphatic rings. The second kappa shape index (κ2) is 6.63. The van der Waals surface area contributed by atoms with Gasteiger partial charge in [0.25, 0.3) is 0 Å². The molecule has 3 N–H and O–H groups in total. The number of rotatable bonds is 4. The van der Waals surface area contributed by atoms with E-state index in [4.69, 9.17) is 10.9 Å². The monoisotopic (exact) mass is 304 g/mol. The first-order valence-corrected chi connectivity index (χ1v) is 7.38. The van der Waals surface area contributed by atoms with Gasteiger partial charge in [0.15, 0.2) is 5.84 Å². The predicted octanol–water partition coefficient (Wildman–Crippen LogP) is 4.19. The summed E-state index contributed by atoms with van der Waals surface area (Å²) in [7, 11) is 0. The molecule has 2 rings (SSSR count). The quantitative estimate of drug-likeness (QED) is 0.385. The van der Waals surface area contributed by atoms with Crippen LogP contribution in [0.2, 0.25) is 0 Å². The van der Waals surface area contributed by atoms with Crippen molar-refractivity contribution in [1.82, 2.24) is 0 Å². The topological polar surface area (TPSA) is 58.6 Å². The number of benzene rings is 2. The van der Waals surface area contributed by atoms with Gasteiger partial charge in [0.2, 0.25) is 0 Å². The Morgan fingerprint density at radius 1 is 1.19 bits per heavy atom. The van der Waals surface area contributed by atoms with Gasteiger partial charge in [0, 0.05) is 15.4 Å². The Balaban J connectivity index is 2.20. The molecule has 0 saturated carbocycles. The number of hydrogen-bond donors (Lipinski definition) is 2. The molecule has 0 aromatic heterocycles. The van der Waals surface area contributed by atoms with Gasteiger partial charge in [-0.25, -0.2) is 4.39 Å². The van der Waals surface area contributed by atoms with Gasteiger partial charge in [-0.05, 0) is 41.8 Å². The Bertz CT molecular complexity index is 654. The third-order valence-corrected chi connectivity index (χ3v) is 4.17. The smallest absolute Gasteiger partial charge is 0.170 e. The second-order valence-corrected chi connectivity index (χ2v) is 6.07. The summed E-state index contributed by atoms with van der Waals surface area (Å²) in [6, 6.07) is 12.6. The van der Waals surface area contributed by atoms with Gasteiger partial charge < -0.3 is 10.9 Å². The van der Waals surface area contributed by atoms with Crippen molar-refractivity contribution in [3.05, 3.63) is 59.4 Å². The molecule has 0 spiro atoms. The molecule has 0 unspecified atom stereocenters. The van der Waals surface area contributed by atoms with Crippen molar-refractivity contribution in [2.24, 2.45) is 10.9 Å². The van der Waals surface area contributed by atoms with Crippen molar-refractivity contribution in [3.8, 4) is 0 Å². The van der Waals surface area contributed by atoms with Crippen LogP contribution in [0.25, 0.3) is 0 Å². The van der Waals surface area contributed by atoms with E-state index in [0.717, 1.165) is 4.90 Å². The van der Waals surface area contributed by atoms with E-state index in [1.165, 1.54) is 23.4 Å². The lowest BCUT2D eigenvalue weighted by Gasteiger charge is -2.08. The highest BCUT2D eigenvalue weighted by Crippen LogP contribution is 2.31. The maximum absolute atomic E-state index is 14.0. The van der Waals surface area contributed by atoms with E-state index in [9.17, 15) is 4.39 Å². The number of oxime groups is 1. The van der Waals surface area contributed by atoms with E-state index in [1.54, 1.807) is 12.1 Å². The van der Waals surface area contributed by atoms with E-state index in [0.29, 0.717) is 16.4 Å². The fraction of sp³-hybridized carbons (Fsp3) is 0.188. The fourth-order valence-electron chi connectivity index (χ4n) is 1.85. The molecular formula is C16H17FN2OS. The van der Waals surface area contributed by atoms with Crippen LogP contribution < -0.4 is 5.73 Å². The molecule has 0 atom stereocenters. The zero-order valence-corrected chi connectivity index (χ0v) is 12.7. The van der Waals surface area contributed by atoms with Gasteiger partial charge in [-0.1, -0.05) is 42.9 Å². The van der Waals surface area contributed by atoms with Gasteiger partial charge in [-0.3, -0.25) is 0 Å². The highest BCUT2D eigenvalue weighted by Gasteiger charge is 2.08. The minimum atomic E-state index is -0.392. The van der Waals surface area contributed by atoms with Gasteiger partial charge in [-0.15, -0.1) is 0 Å². The number of hydrogen-bond acceptors (Lipinski definition) is 3. The number of nitrogens with zero attached hydrogens (tertiary/aromatic N) is 1. The molecule has 2 aromatic carbocycles. The molecule has 0 heterocycles. The molecule has 0 saturated heterocycles. The fourth-order valence-corrected chi connectivity index (χ4v) is 2.67. The van der Waals surface area contributed by atoms with E-state index in [2.05, 4.69) is 31.1 Å². The maximum atomic E-state index is 14.0. The molecule has 0 bridgehead atoms. The van der Waals surface area contributed by atoms with Crippen molar-refractivity contribution in [1.29, 1.82) is 0 Å². The van der Waals surface area contributed by atoms with E-state index in [1.807, 2.05) is 12.1 Å². The average molecular weight is 304 g/mol. The third-order valence-electron chi connectivity index (χ3n) is 3.11. The molecule has 0 amide bonds. The predicted molar refractivity (Wildman–Crippen MR) is 83.6 cm³/mol. The van der Waals surface area contributed by atoms with Crippen molar-refractivity contribution in [3.63, 3.8) is 0 Å². The lowest BCUT2D eigenvalue weighted by molar-refractivity contribution is 0.318. The lowest BCUT2D eigenvalue weighted by atomic mass is 10.0. The molecule has 110 valence electrons. The Morgan fingerprint density at radius 3 is 2.38 bits per heavy atom. The van der Waals surface area contributed by atoms with Crippen LogP contribution in [-0.2, 0) is 0 Å². The largest absolute Gasteiger partial charge is 0.409 e. The molecule has 0 aliphatic carbocycles. The van der Waals surface area contributed by atoms with Crippen LogP contribution in [0.3, 0.4) is 0 Å². The van der Waals surface area contributed by atoms with E-state index in [-0.39, 0.29) is 5.84 Å². The maximum Gasteiger partial charge on any atom is 0.170 e. The minimum absolute atomic E-state index is 0.105. The molecule has 5 heteroatoms. The first-order valence-electron chi connectivity index (χ1n) is 6.56. The summed E-state index contributed by atoms with van der Waals surface area (Å²) in [6.07, 6.45) is 0. The van der Waals surface area contributed by atoms with E-state index < -0.39 is 5.82 Å². The van der Waals surface area contributed by atoms with E-state index >= 15 is 0 Å². The Hall–Kier alpha value is -2.01. The number of nitrogens with two attached hydrogens (primary N) is 1. The Kier molecular flexibility index (Phi) is 4.85. The van der Waals surface area contributed by atoms with Crippen LogP contribution in [0.4, 0.5) is 4.39 Å². The zero-order valence-electron chi connectivity index (χ0n) is 11.9. The molecule has 0 aliphatic heterocycles. The highest BCUT2D eigenvalue weighted by atomic mass is 32.2. The first kappa shape index (κ1) is 15.4. The summed E-state index contributed by atoms with van der Waals surface area (Å²) in [6.45, 7) is 4.27. The van der Waals surface area contributed by atoms with Crippen LogP contribution in [0.5, 0.6) is 0 Å². The number of halogens is 1. The summed E-state index contributed by atoms with van der Waals surface area (Å²) in [5.74, 6) is -0.0235. The number of amidine groups is 1. The SMILES string of the molecule is CC(C)c1ccc(Sc2ccc(/C(N)=N/O)cc2F)cc1. The molecule has 0 radical (unpaired) electrons. The molecule has 21 heavy (non-hydrogen) atoms. The summed E-state index contributed by atoms with van der Waals surface area (Å²) < 4.78 is 14.0. The summed E-state index contributed by atoms with van der Waals surface area (Å²) >= 11 is 1.34. The average Bonchev–Trinajstić information content (AvgIpc) is 2.49. The van der Waals surface area contributed by atoms with Crippen LogP contribution in [0.15, 0.2) is 57.4 Å². The van der Waals surface area contributed by atoms with Crippen molar-refractivity contribution in [2.75, 3.05) is 0 Å². The lowest BCUT2D eigenvalue weighted by Crippen LogP contribution is -2.13. The molecule has 3 nitrogen and oxygen atoms in total. The van der Waals surface area contributed by atoms with Gasteiger partial charge >= 0.3 is 0 Å². The Morgan fingerprint density at radius 2 is 1.86 bits per heavy atom. The normalized spacial score (nSPS) is 11.9. The van der Waals surface area contributed by atoms with Crippen LogP contribution in [0, 0.1) is 5.82 Å². The molecule has 2 aromatic rings. The zero-order chi connectivity index (χ0) is 15.4. The summed E-state index contributed by atoms with van der Waals surface area (Å²) in [4.78, 5) is 1.47. The van der Waals surface area contributed by atoms with Crippen molar-refractivity contribution < 1.29 is 9.60 Å². The van der Waals surface area contributed by atoms with Crippen LogP contribution in [0.1, 0.15) is 30.9 Å². The standard InChI is InChI=1S/C16H17FN2OS/c1-10(2)11-3-6-13(7-4-11)21-15-8-5-12(9-14(15)17)16(18)19-20/h3-10,20H,1-2H3,(H2,18,19). The second-order valence-electron chi connectivity index (χ2n) is 4.96. The summed E-state index contributed by atoms with van der Waals surface area (Å²) in [5, 5.41) is 11.5. The van der Waals surface area contributed by atoms with Crippen molar-refractivity contribution in [2.45, 2.75) is 29.6 Å². The van der Waals surface area contributed by atoms with Crippen LogP contribution in [-0.4, -0.2) is 11.0 Å². The minimum Gasteiger partial charge on any atom is -0.409 e.